The Bertz CT molecular complexity index is 827. The maximum absolute atomic E-state index is 13.4. The van der Waals surface area contributed by atoms with Crippen LogP contribution in [0.1, 0.15) is 36.0 Å². The second kappa shape index (κ2) is 9.37. The van der Waals surface area contributed by atoms with Gasteiger partial charge in [0.25, 0.3) is 5.91 Å². The van der Waals surface area contributed by atoms with Crippen molar-refractivity contribution in [3.8, 4) is 5.75 Å². The maximum Gasteiger partial charge on any atom is 0.258 e. The van der Waals surface area contributed by atoms with Crippen molar-refractivity contribution in [2.24, 2.45) is 0 Å². The Balaban J connectivity index is 1.34. The number of nitrogens with zero attached hydrogens (tertiary/aromatic N) is 3. The van der Waals surface area contributed by atoms with Crippen LogP contribution in [0.15, 0.2) is 24.3 Å². The molecule has 1 saturated carbocycles. The molecule has 1 spiro atoms. The highest BCUT2D eigenvalue weighted by molar-refractivity contribution is 5.99. The van der Waals surface area contributed by atoms with Gasteiger partial charge in [-0.1, -0.05) is 12.1 Å². The summed E-state index contributed by atoms with van der Waals surface area (Å²) in [4.78, 5) is 32.5. The van der Waals surface area contributed by atoms with E-state index in [1.54, 1.807) is 9.80 Å². The third-order valence-electron chi connectivity index (χ3n) is 7.33. The van der Waals surface area contributed by atoms with Gasteiger partial charge in [0.2, 0.25) is 5.91 Å². The minimum absolute atomic E-state index is 0.0156. The highest BCUT2D eigenvalue weighted by Crippen LogP contribution is 2.39. The van der Waals surface area contributed by atoms with Crippen LogP contribution in [0.3, 0.4) is 0 Å². The SMILES string of the molecule is O=C(CN1CC2(CCC(N3CCOCC3)CC2)Oc2ccccc2C1=O)N1CCOCC1. The number of hydrogen-bond donors (Lipinski definition) is 0. The molecule has 1 aromatic carbocycles. The van der Waals surface area contributed by atoms with Gasteiger partial charge in [-0.25, -0.2) is 0 Å². The van der Waals surface area contributed by atoms with Crippen LogP contribution in [0.5, 0.6) is 5.75 Å². The summed E-state index contributed by atoms with van der Waals surface area (Å²) in [6.45, 7) is 6.39. The first kappa shape index (κ1) is 21.7. The zero-order chi connectivity index (χ0) is 22.0. The van der Waals surface area contributed by atoms with Gasteiger partial charge < -0.3 is 24.0 Å². The van der Waals surface area contributed by atoms with Gasteiger partial charge in [0.05, 0.1) is 38.5 Å². The molecule has 8 nitrogen and oxygen atoms in total. The number of hydrogen-bond acceptors (Lipinski definition) is 6. The molecule has 3 fully saturated rings. The Kier molecular flexibility index (Phi) is 6.35. The number of amides is 2. The number of benzene rings is 1. The van der Waals surface area contributed by atoms with E-state index in [1.165, 1.54) is 0 Å². The van der Waals surface area contributed by atoms with Crippen molar-refractivity contribution in [3.63, 3.8) is 0 Å². The van der Waals surface area contributed by atoms with E-state index in [2.05, 4.69) is 4.90 Å². The Hall–Kier alpha value is -2.16. The zero-order valence-corrected chi connectivity index (χ0v) is 18.7. The van der Waals surface area contributed by atoms with Crippen molar-refractivity contribution >= 4 is 11.8 Å². The van der Waals surface area contributed by atoms with Crippen LogP contribution in [0.4, 0.5) is 0 Å². The number of ether oxygens (including phenoxy) is 3. The van der Waals surface area contributed by atoms with Gasteiger partial charge in [-0.15, -0.1) is 0 Å². The van der Waals surface area contributed by atoms with Crippen molar-refractivity contribution in [1.82, 2.24) is 14.7 Å². The molecule has 4 aliphatic rings. The number of carbonyl (C=O) groups is 2. The molecule has 2 amide bonds. The molecular formula is C24H33N3O5. The quantitative estimate of drug-likeness (QED) is 0.703. The normalized spacial score (nSPS) is 29.4. The van der Waals surface area contributed by atoms with Gasteiger partial charge in [0, 0.05) is 32.2 Å². The van der Waals surface area contributed by atoms with Crippen molar-refractivity contribution in [3.05, 3.63) is 29.8 Å². The predicted molar refractivity (Wildman–Crippen MR) is 118 cm³/mol. The first-order valence-corrected chi connectivity index (χ1v) is 11.9. The molecule has 0 unspecified atom stereocenters. The molecule has 3 aliphatic heterocycles. The van der Waals surface area contributed by atoms with Gasteiger partial charge in [0.1, 0.15) is 17.9 Å². The van der Waals surface area contributed by atoms with Crippen LogP contribution in [0.25, 0.3) is 0 Å². The Morgan fingerprint density at radius 1 is 0.969 bits per heavy atom. The summed E-state index contributed by atoms with van der Waals surface area (Å²) in [5.74, 6) is 0.510. The van der Waals surface area contributed by atoms with Crippen molar-refractivity contribution in [1.29, 1.82) is 0 Å². The average molecular weight is 444 g/mol. The summed E-state index contributed by atoms with van der Waals surface area (Å²) >= 11 is 0. The minimum Gasteiger partial charge on any atom is -0.485 e. The van der Waals surface area contributed by atoms with Gasteiger partial charge in [-0.3, -0.25) is 14.5 Å². The molecule has 2 saturated heterocycles. The van der Waals surface area contributed by atoms with Gasteiger partial charge >= 0.3 is 0 Å². The van der Waals surface area contributed by atoms with E-state index < -0.39 is 5.60 Å². The lowest BCUT2D eigenvalue weighted by Gasteiger charge is -2.45. The lowest BCUT2D eigenvalue weighted by Crippen LogP contribution is -2.55. The first-order chi connectivity index (χ1) is 15.6. The minimum atomic E-state index is -0.448. The second-order valence-corrected chi connectivity index (χ2v) is 9.32. The Morgan fingerprint density at radius 2 is 1.62 bits per heavy atom. The molecule has 174 valence electrons. The topological polar surface area (TPSA) is 71.6 Å². The van der Waals surface area contributed by atoms with Crippen molar-refractivity contribution in [2.75, 3.05) is 65.7 Å². The number of fused-ring (bicyclic) bond motifs is 1. The molecule has 1 aromatic rings. The van der Waals surface area contributed by atoms with E-state index in [0.717, 1.165) is 52.0 Å². The summed E-state index contributed by atoms with van der Waals surface area (Å²) in [5.41, 5.74) is 0.102. The third kappa shape index (κ3) is 4.49. The summed E-state index contributed by atoms with van der Waals surface area (Å²) in [6, 6.07) is 7.99. The van der Waals surface area contributed by atoms with Gasteiger partial charge in [-0.2, -0.15) is 0 Å². The molecule has 8 heteroatoms. The van der Waals surface area contributed by atoms with Crippen LogP contribution in [0, 0.1) is 0 Å². The molecule has 0 radical (unpaired) electrons. The number of carbonyl (C=O) groups excluding carboxylic acids is 2. The van der Waals surface area contributed by atoms with E-state index >= 15 is 0 Å². The van der Waals surface area contributed by atoms with Gasteiger partial charge in [0.15, 0.2) is 0 Å². The molecule has 0 atom stereocenters. The fourth-order valence-corrected chi connectivity index (χ4v) is 5.49. The van der Waals surface area contributed by atoms with Gasteiger partial charge in [-0.05, 0) is 37.8 Å². The molecule has 3 heterocycles. The largest absolute Gasteiger partial charge is 0.485 e. The van der Waals surface area contributed by atoms with Crippen LogP contribution >= 0.6 is 0 Å². The third-order valence-corrected chi connectivity index (χ3v) is 7.33. The molecule has 5 rings (SSSR count). The van der Waals surface area contributed by atoms with Crippen LogP contribution < -0.4 is 4.74 Å². The van der Waals surface area contributed by atoms with E-state index in [9.17, 15) is 9.59 Å². The predicted octanol–water partition coefficient (Wildman–Crippen LogP) is 1.39. The van der Waals surface area contributed by atoms with Crippen LogP contribution in [-0.4, -0.2) is 104 Å². The molecule has 0 bridgehead atoms. The molecular weight excluding hydrogens is 410 g/mol. The summed E-state index contributed by atoms with van der Waals surface area (Å²) in [5, 5.41) is 0. The van der Waals surface area contributed by atoms with E-state index in [0.29, 0.717) is 50.2 Å². The summed E-state index contributed by atoms with van der Waals surface area (Å²) < 4.78 is 17.5. The highest BCUT2D eigenvalue weighted by Gasteiger charge is 2.44. The smallest absolute Gasteiger partial charge is 0.258 e. The number of para-hydroxylation sites is 1. The lowest BCUT2D eigenvalue weighted by atomic mass is 9.80. The maximum atomic E-state index is 13.4. The average Bonchev–Trinajstić information content (AvgIpc) is 2.95. The Labute approximate surface area is 189 Å². The van der Waals surface area contributed by atoms with E-state index in [-0.39, 0.29) is 18.4 Å². The first-order valence-electron chi connectivity index (χ1n) is 11.9. The zero-order valence-electron chi connectivity index (χ0n) is 18.7. The molecule has 1 aliphatic carbocycles. The number of morpholine rings is 2. The second-order valence-electron chi connectivity index (χ2n) is 9.32. The van der Waals surface area contributed by atoms with E-state index in [4.69, 9.17) is 14.2 Å². The van der Waals surface area contributed by atoms with Crippen molar-refractivity contribution in [2.45, 2.75) is 37.3 Å². The molecule has 0 aromatic heterocycles. The molecule has 32 heavy (non-hydrogen) atoms. The van der Waals surface area contributed by atoms with E-state index in [1.807, 2.05) is 24.3 Å². The summed E-state index contributed by atoms with van der Waals surface area (Å²) in [7, 11) is 0. The lowest BCUT2D eigenvalue weighted by molar-refractivity contribution is -0.136. The number of rotatable bonds is 3. The molecule has 0 N–H and O–H groups in total. The standard InChI is InChI=1S/C24H33N3O5/c28-22(26-11-15-31-16-12-26)17-27-18-24(32-21-4-2-1-3-20(21)23(27)29)7-5-19(6-8-24)25-9-13-30-14-10-25/h1-4,19H,5-18H2. The van der Waals surface area contributed by atoms with Crippen LogP contribution in [0.2, 0.25) is 0 Å². The Morgan fingerprint density at radius 3 is 2.34 bits per heavy atom. The fraction of sp³-hybridized carbons (Fsp3) is 0.667. The fourth-order valence-electron chi connectivity index (χ4n) is 5.49. The van der Waals surface area contributed by atoms with Crippen LogP contribution in [-0.2, 0) is 14.3 Å². The van der Waals surface area contributed by atoms with Crippen molar-refractivity contribution < 1.29 is 23.8 Å². The monoisotopic (exact) mass is 443 g/mol. The summed E-state index contributed by atoms with van der Waals surface area (Å²) in [6.07, 6.45) is 3.81. The highest BCUT2D eigenvalue weighted by atomic mass is 16.5.